The summed E-state index contributed by atoms with van der Waals surface area (Å²) >= 11 is 0. The molecule has 2 aliphatic heterocycles. The van der Waals surface area contributed by atoms with E-state index in [2.05, 4.69) is 10.1 Å². The first kappa shape index (κ1) is 16.2. The Morgan fingerprint density at radius 1 is 1.04 bits per heavy atom. The average Bonchev–Trinajstić information content (AvgIpc) is 3.39. The molecular formula is C18H20N6O3. The summed E-state index contributed by atoms with van der Waals surface area (Å²) < 4.78 is 20.5. The third kappa shape index (κ3) is 3.25. The van der Waals surface area contributed by atoms with Crippen LogP contribution in [0.4, 0.5) is 0 Å². The van der Waals surface area contributed by atoms with Gasteiger partial charge >= 0.3 is 0 Å². The fourth-order valence-electron chi connectivity index (χ4n) is 3.47. The summed E-state index contributed by atoms with van der Waals surface area (Å²) in [6, 6.07) is 5.88. The van der Waals surface area contributed by atoms with Crippen LogP contribution in [0.15, 0.2) is 30.9 Å². The molecule has 0 amide bonds. The van der Waals surface area contributed by atoms with Crippen LogP contribution in [0.1, 0.15) is 30.4 Å². The maximum Gasteiger partial charge on any atom is 0.172 e. The maximum atomic E-state index is 5.73. The Kier molecular flexibility index (Phi) is 4.21. The van der Waals surface area contributed by atoms with Crippen molar-refractivity contribution in [2.24, 2.45) is 0 Å². The molecule has 1 fully saturated rings. The van der Waals surface area contributed by atoms with Crippen molar-refractivity contribution in [2.75, 3.05) is 26.4 Å². The highest BCUT2D eigenvalue weighted by atomic mass is 16.6. The van der Waals surface area contributed by atoms with E-state index in [9.17, 15) is 0 Å². The lowest BCUT2D eigenvalue weighted by atomic mass is 9.99. The van der Waals surface area contributed by atoms with E-state index in [1.165, 1.54) is 6.33 Å². The first-order valence-corrected chi connectivity index (χ1v) is 9.13. The van der Waals surface area contributed by atoms with Crippen molar-refractivity contribution in [2.45, 2.75) is 25.3 Å². The number of hydrogen-bond donors (Lipinski definition) is 0. The third-order valence-corrected chi connectivity index (χ3v) is 4.80. The molecule has 1 aromatic carbocycles. The molecule has 0 unspecified atom stereocenters. The number of rotatable bonds is 4. The summed E-state index contributed by atoms with van der Waals surface area (Å²) in [6.07, 6.45) is 5.05. The molecule has 5 rings (SSSR count). The van der Waals surface area contributed by atoms with Crippen molar-refractivity contribution in [1.82, 2.24) is 29.5 Å². The molecule has 0 spiro atoms. The molecule has 2 aromatic heterocycles. The highest BCUT2D eigenvalue weighted by Crippen LogP contribution is 2.34. The third-order valence-electron chi connectivity index (χ3n) is 4.80. The first-order valence-electron chi connectivity index (χ1n) is 9.13. The Morgan fingerprint density at radius 2 is 1.89 bits per heavy atom. The van der Waals surface area contributed by atoms with Crippen LogP contribution in [0.25, 0.3) is 5.69 Å². The van der Waals surface area contributed by atoms with E-state index < -0.39 is 0 Å². The zero-order valence-corrected chi connectivity index (χ0v) is 14.8. The Morgan fingerprint density at radius 3 is 2.70 bits per heavy atom. The largest absolute Gasteiger partial charge is 0.486 e. The van der Waals surface area contributed by atoms with E-state index in [4.69, 9.17) is 24.3 Å². The molecule has 140 valence electrons. The number of benzene rings is 1. The minimum absolute atomic E-state index is 0.309. The van der Waals surface area contributed by atoms with Crippen LogP contribution < -0.4 is 9.47 Å². The van der Waals surface area contributed by atoms with Gasteiger partial charge in [-0.25, -0.2) is 19.3 Å². The highest BCUT2D eigenvalue weighted by molar-refractivity contribution is 5.49. The highest BCUT2D eigenvalue weighted by Gasteiger charge is 2.24. The standard InChI is InChI=1S/C18H20N6O3/c1-2-15-16(27-8-7-26-15)9-14(1)24-18(13-3-5-25-6-4-13)21-17(22-24)10-23-12-19-11-20-23/h1-2,9,11-13H,3-8,10H2. The van der Waals surface area contributed by atoms with Gasteiger partial charge in [0.15, 0.2) is 17.3 Å². The molecule has 4 heterocycles. The van der Waals surface area contributed by atoms with Crippen LogP contribution in [0.3, 0.4) is 0 Å². The molecule has 9 nitrogen and oxygen atoms in total. The number of nitrogens with zero attached hydrogens (tertiary/aromatic N) is 6. The van der Waals surface area contributed by atoms with E-state index in [1.807, 2.05) is 22.9 Å². The van der Waals surface area contributed by atoms with Crippen LogP contribution >= 0.6 is 0 Å². The van der Waals surface area contributed by atoms with Crippen LogP contribution in [-0.2, 0) is 11.3 Å². The van der Waals surface area contributed by atoms with Gasteiger partial charge < -0.3 is 14.2 Å². The molecule has 0 atom stereocenters. The summed E-state index contributed by atoms with van der Waals surface area (Å²) in [5.41, 5.74) is 0.915. The molecular weight excluding hydrogens is 348 g/mol. The van der Waals surface area contributed by atoms with Crippen molar-refractivity contribution < 1.29 is 14.2 Å². The van der Waals surface area contributed by atoms with Crippen molar-refractivity contribution in [3.8, 4) is 17.2 Å². The van der Waals surface area contributed by atoms with Crippen LogP contribution in [0.2, 0.25) is 0 Å². The number of ether oxygens (including phenoxy) is 3. The Bertz CT molecular complexity index is 917. The second-order valence-electron chi connectivity index (χ2n) is 6.61. The number of hydrogen-bond acceptors (Lipinski definition) is 7. The van der Waals surface area contributed by atoms with Gasteiger partial charge in [0, 0.05) is 25.2 Å². The molecule has 0 N–H and O–H groups in total. The van der Waals surface area contributed by atoms with Gasteiger partial charge in [0.1, 0.15) is 38.2 Å². The fourth-order valence-corrected chi connectivity index (χ4v) is 3.47. The van der Waals surface area contributed by atoms with Crippen LogP contribution in [0, 0.1) is 0 Å². The molecule has 0 aliphatic carbocycles. The normalized spacial score (nSPS) is 17.2. The van der Waals surface area contributed by atoms with E-state index in [1.54, 1.807) is 11.0 Å². The van der Waals surface area contributed by atoms with Gasteiger partial charge in [-0.2, -0.15) is 5.10 Å². The van der Waals surface area contributed by atoms with Crippen LogP contribution in [0.5, 0.6) is 11.5 Å². The van der Waals surface area contributed by atoms with E-state index in [-0.39, 0.29) is 0 Å². The lowest BCUT2D eigenvalue weighted by molar-refractivity contribution is 0.0831. The average molecular weight is 368 g/mol. The zero-order chi connectivity index (χ0) is 18.1. The topological polar surface area (TPSA) is 89.1 Å². The lowest BCUT2D eigenvalue weighted by Gasteiger charge is -2.22. The summed E-state index contributed by atoms with van der Waals surface area (Å²) in [4.78, 5) is 8.82. The smallest absolute Gasteiger partial charge is 0.172 e. The minimum atomic E-state index is 0.309. The van der Waals surface area contributed by atoms with Gasteiger partial charge in [-0.05, 0) is 25.0 Å². The molecule has 0 saturated carbocycles. The monoisotopic (exact) mass is 368 g/mol. The molecule has 0 radical (unpaired) electrons. The fraction of sp³-hybridized carbons (Fsp3) is 0.444. The summed E-state index contributed by atoms with van der Waals surface area (Å²) in [5.74, 6) is 3.47. The van der Waals surface area contributed by atoms with Crippen molar-refractivity contribution >= 4 is 0 Å². The van der Waals surface area contributed by atoms with Gasteiger partial charge in [-0.3, -0.25) is 0 Å². The maximum absolute atomic E-state index is 5.73. The molecule has 27 heavy (non-hydrogen) atoms. The summed E-state index contributed by atoms with van der Waals surface area (Å²) in [5, 5.41) is 8.91. The quantitative estimate of drug-likeness (QED) is 0.690. The zero-order valence-electron chi connectivity index (χ0n) is 14.8. The molecule has 2 aliphatic rings. The minimum Gasteiger partial charge on any atom is -0.486 e. The van der Waals surface area contributed by atoms with Crippen molar-refractivity contribution in [1.29, 1.82) is 0 Å². The van der Waals surface area contributed by atoms with Gasteiger partial charge in [0.25, 0.3) is 0 Å². The molecule has 3 aromatic rings. The van der Waals surface area contributed by atoms with Crippen LogP contribution in [-0.4, -0.2) is 56.0 Å². The number of fused-ring (bicyclic) bond motifs is 1. The van der Waals surface area contributed by atoms with Gasteiger partial charge in [-0.15, -0.1) is 5.10 Å². The number of aromatic nitrogens is 6. The first-order chi connectivity index (χ1) is 13.4. The Balaban J connectivity index is 1.53. The second kappa shape index (κ2) is 6.99. The predicted octanol–water partition coefficient (Wildman–Crippen LogP) is 1.57. The van der Waals surface area contributed by atoms with Gasteiger partial charge in [-0.1, -0.05) is 0 Å². The van der Waals surface area contributed by atoms with Crippen molar-refractivity contribution in [3.63, 3.8) is 0 Å². The van der Waals surface area contributed by atoms with Gasteiger partial charge in [0.05, 0.1) is 5.69 Å². The predicted molar refractivity (Wildman–Crippen MR) is 94.3 cm³/mol. The van der Waals surface area contributed by atoms with E-state index >= 15 is 0 Å². The lowest BCUT2D eigenvalue weighted by Crippen LogP contribution is -2.18. The summed E-state index contributed by atoms with van der Waals surface area (Å²) in [6.45, 7) is 3.10. The summed E-state index contributed by atoms with van der Waals surface area (Å²) in [7, 11) is 0. The molecule has 9 heteroatoms. The molecule has 1 saturated heterocycles. The SMILES string of the molecule is c1ncn(Cc2nc(C3CCOCC3)n(-c3ccc4c(c3)OCCO4)n2)n1. The molecule has 0 bridgehead atoms. The Labute approximate surface area is 155 Å². The Hall–Kier alpha value is -2.94. The van der Waals surface area contributed by atoms with E-state index in [0.29, 0.717) is 31.5 Å². The van der Waals surface area contributed by atoms with Gasteiger partial charge in [0.2, 0.25) is 0 Å². The second-order valence-corrected chi connectivity index (χ2v) is 6.61. The van der Waals surface area contributed by atoms with E-state index in [0.717, 1.165) is 49.1 Å². The van der Waals surface area contributed by atoms with Crippen molar-refractivity contribution in [3.05, 3.63) is 42.5 Å².